The summed E-state index contributed by atoms with van der Waals surface area (Å²) in [4.78, 5) is 6.77. The minimum atomic E-state index is -0.698. The molecule has 1 fully saturated rings. The molecule has 0 aromatic carbocycles. The van der Waals surface area contributed by atoms with Gasteiger partial charge >= 0.3 is 0 Å². The Hall–Kier alpha value is -1.17. The van der Waals surface area contributed by atoms with Gasteiger partial charge in [0.25, 0.3) is 0 Å². The van der Waals surface area contributed by atoms with Gasteiger partial charge in [0.15, 0.2) is 0 Å². The summed E-state index contributed by atoms with van der Waals surface area (Å²) in [7, 11) is 0. The van der Waals surface area contributed by atoms with Gasteiger partial charge in [-0.25, -0.2) is 4.98 Å². The highest BCUT2D eigenvalue weighted by Crippen LogP contribution is 2.19. The minimum absolute atomic E-state index is 0.210. The summed E-state index contributed by atoms with van der Waals surface area (Å²) in [5, 5.41) is 21.6. The first-order valence-electron chi connectivity index (χ1n) is 6.41. The molecule has 18 heavy (non-hydrogen) atoms. The molecule has 1 aromatic rings. The van der Waals surface area contributed by atoms with Gasteiger partial charge in [0.05, 0.1) is 12.7 Å². The Kier molecular flexibility index (Phi) is 4.52. The molecule has 0 amide bonds. The third kappa shape index (κ3) is 3.19. The van der Waals surface area contributed by atoms with E-state index in [-0.39, 0.29) is 6.61 Å². The lowest BCUT2D eigenvalue weighted by Crippen LogP contribution is -2.44. The number of aromatic nitrogens is 1. The predicted molar refractivity (Wildman–Crippen MR) is 70.9 cm³/mol. The van der Waals surface area contributed by atoms with Crippen molar-refractivity contribution in [3.63, 3.8) is 0 Å². The number of hydrogen-bond donors (Lipinski definition) is 3. The summed E-state index contributed by atoms with van der Waals surface area (Å²) in [5.41, 5.74) is 2.09. The predicted octanol–water partition coefficient (Wildman–Crippen LogP) is -0.305. The van der Waals surface area contributed by atoms with Crippen LogP contribution in [0, 0.1) is 6.92 Å². The first-order chi connectivity index (χ1) is 8.70. The number of piperazine rings is 1. The lowest BCUT2D eigenvalue weighted by molar-refractivity contribution is 0.0954. The molecule has 3 N–H and O–H groups in total. The molecule has 1 atom stereocenters. The number of hydrogen-bond acceptors (Lipinski definition) is 5. The van der Waals surface area contributed by atoms with E-state index in [0.717, 1.165) is 43.1 Å². The van der Waals surface area contributed by atoms with Crippen LogP contribution >= 0.6 is 0 Å². The van der Waals surface area contributed by atoms with Crippen molar-refractivity contribution in [2.45, 2.75) is 19.4 Å². The van der Waals surface area contributed by atoms with Crippen LogP contribution in [0.1, 0.15) is 11.1 Å². The van der Waals surface area contributed by atoms with E-state index in [1.54, 1.807) is 6.20 Å². The maximum absolute atomic E-state index is 9.42. The van der Waals surface area contributed by atoms with Gasteiger partial charge in [-0.1, -0.05) is 6.07 Å². The molecule has 1 aliphatic heterocycles. The molecule has 1 aromatic heterocycles. The van der Waals surface area contributed by atoms with Gasteiger partial charge < -0.3 is 20.4 Å². The molecule has 5 heteroatoms. The maximum Gasteiger partial charge on any atom is 0.131 e. The summed E-state index contributed by atoms with van der Waals surface area (Å²) in [5.74, 6) is 1.03. The molecule has 2 heterocycles. The number of nitrogens with one attached hydrogen (secondary N) is 1. The summed E-state index contributed by atoms with van der Waals surface area (Å²) in [6.07, 6.45) is 1.55. The Labute approximate surface area is 107 Å². The summed E-state index contributed by atoms with van der Waals surface area (Å²) >= 11 is 0. The smallest absolute Gasteiger partial charge is 0.131 e. The lowest BCUT2D eigenvalue weighted by atomic mass is 10.1. The Bertz CT molecular complexity index is 392. The Morgan fingerprint density at radius 2 is 2.17 bits per heavy atom. The molecule has 100 valence electrons. The van der Waals surface area contributed by atoms with Crippen molar-refractivity contribution in [2.75, 3.05) is 37.7 Å². The average molecular weight is 251 g/mol. The largest absolute Gasteiger partial charge is 0.394 e. The van der Waals surface area contributed by atoms with Crippen molar-refractivity contribution in [3.8, 4) is 0 Å². The molecular formula is C13H21N3O2. The second kappa shape index (κ2) is 6.13. The molecule has 5 nitrogen and oxygen atoms in total. The van der Waals surface area contributed by atoms with E-state index in [2.05, 4.69) is 15.2 Å². The number of aliphatic hydroxyl groups excluding tert-OH is 2. The fourth-order valence-electron chi connectivity index (χ4n) is 2.28. The number of aliphatic hydroxyl groups is 2. The Morgan fingerprint density at radius 1 is 1.44 bits per heavy atom. The van der Waals surface area contributed by atoms with Gasteiger partial charge in [-0.3, -0.25) is 0 Å². The SMILES string of the molecule is Cc1cc(C[C@@H](O)CO)cnc1N1CCNCC1. The van der Waals surface area contributed by atoms with Crippen molar-refractivity contribution in [1.29, 1.82) is 0 Å². The molecule has 2 rings (SSSR count). The highest BCUT2D eigenvalue weighted by molar-refractivity contribution is 5.47. The van der Waals surface area contributed by atoms with E-state index in [1.165, 1.54) is 0 Å². The highest BCUT2D eigenvalue weighted by atomic mass is 16.3. The molecule has 0 aliphatic carbocycles. The number of aryl methyl sites for hydroxylation is 1. The fourth-order valence-corrected chi connectivity index (χ4v) is 2.28. The zero-order chi connectivity index (χ0) is 13.0. The lowest BCUT2D eigenvalue weighted by Gasteiger charge is -2.29. The van der Waals surface area contributed by atoms with Crippen molar-refractivity contribution < 1.29 is 10.2 Å². The second-order valence-corrected chi connectivity index (χ2v) is 4.76. The monoisotopic (exact) mass is 251 g/mol. The second-order valence-electron chi connectivity index (χ2n) is 4.76. The van der Waals surface area contributed by atoms with Crippen LogP contribution < -0.4 is 10.2 Å². The van der Waals surface area contributed by atoms with Crippen LogP contribution in [0.25, 0.3) is 0 Å². The van der Waals surface area contributed by atoms with Gasteiger partial charge in [0, 0.05) is 38.8 Å². The molecule has 0 spiro atoms. The summed E-state index contributed by atoms with van der Waals surface area (Å²) < 4.78 is 0. The van der Waals surface area contributed by atoms with Crippen molar-refractivity contribution in [3.05, 3.63) is 23.4 Å². The third-order valence-corrected chi connectivity index (χ3v) is 3.21. The average Bonchev–Trinajstić information content (AvgIpc) is 2.40. The van der Waals surface area contributed by atoms with E-state index in [4.69, 9.17) is 5.11 Å². The molecular weight excluding hydrogens is 230 g/mol. The summed E-state index contributed by atoms with van der Waals surface area (Å²) in [6, 6.07) is 2.04. The number of rotatable bonds is 4. The van der Waals surface area contributed by atoms with Gasteiger partial charge in [-0.05, 0) is 18.1 Å². The van der Waals surface area contributed by atoms with Crippen LogP contribution in [0.3, 0.4) is 0 Å². The van der Waals surface area contributed by atoms with Crippen LogP contribution in [0.2, 0.25) is 0 Å². The van der Waals surface area contributed by atoms with E-state index < -0.39 is 6.10 Å². The number of pyridine rings is 1. The number of nitrogens with zero attached hydrogens (tertiary/aromatic N) is 2. The fraction of sp³-hybridized carbons (Fsp3) is 0.615. The van der Waals surface area contributed by atoms with Gasteiger partial charge in [0.2, 0.25) is 0 Å². The topological polar surface area (TPSA) is 68.6 Å². The molecule has 1 aliphatic rings. The van der Waals surface area contributed by atoms with E-state index in [1.807, 2.05) is 13.0 Å². The van der Waals surface area contributed by atoms with Crippen molar-refractivity contribution in [1.82, 2.24) is 10.3 Å². The first kappa shape index (κ1) is 13.3. The van der Waals surface area contributed by atoms with Gasteiger partial charge in [-0.15, -0.1) is 0 Å². The van der Waals surface area contributed by atoms with E-state index in [9.17, 15) is 5.11 Å². The molecule has 0 saturated carbocycles. The molecule has 1 saturated heterocycles. The van der Waals surface area contributed by atoms with Gasteiger partial charge in [0.1, 0.15) is 5.82 Å². The van der Waals surface area contributed by atoms with Crippen LogP contribution in [0.4, 0.5) is 5.82 Å². The Balaban J connectivity index is 2.09. The van der Waals surface area contributed by atoms with Crippen LogP contribution in [-0.2, 0) is 6.42 Å². The molecule has 0 unspecified atom stereocenters. The normalized spacial score (nSPS) is 17.8. The zero-order valence-electron chi connectivity index (χ0n) is 10.8. The van der Waals surface area contributed by atoms with Gasteiger partial charge in [-0.2, -0.15) is 0 Å². The standard InChI is InChI=1S/C13H21N3O2/c1-10-6-11(7-12(18)9-17)8-15-13(10)16-4-2-14-3-5-16/h6,8,12,14,17-18H,2-5,7,9H2,1H3/t12-/m1/s1. The quantitative estimate of drug-likeness (QED) is 0.685. The minimum Gasteiger partial charge on any atom is -0.394 e. The van der Waals surface area contributed by atoms with Crippen LogP contribution in [0.15, 0.2) is 12.3 Å². The summed E-state index contributed by atoms with van der Waals surface area (Å²) in [6.45, 7) is 5.77. The zero-order valence-corrected chi connectivity index (χ0v) is 10.8. The van der Waals surface area contributed by atoms with E-state index in [0.29, 0.717) is 6.42 Å². The van der Waals surface area contributed by atoms with Crippen molar-refractivity contribution >= 4 is 5.82 Å². The molecule has 0 radical (unpaired) electrons. The highest BCUT2D eigenvalue weighted by Gasteiger charge is 2.14. The first-order valence-corrected chi connectivity index (χ1v) is 6.41. The number of anilines is 1. The van der Waals surface area contributed by atoms with Crippen LogP contribution in [0.5, 0.6) is 0 Å². The van der Waals surface area contributed by atoms with Crippen molar-refractivity contribution in [2.24, 2.45) is 0 Å². The third-order valence-electron chi connectivity index (χ3n) is 3.21. The molecule has 0 bridgehead atoms. The maximum atomic E-state index is 9.42. The van der Waals surface area contributed by atoms with Crippen LogP contribution in [-0.4, -0.2) is 54.1 Å². The Morgan fingerprint density at radius 3 is 2.78 bits per heavy atom. The van der Waals surface area contributed by atoms with E-state index >= 15 is 0 Å².